The first-order chi connectivity index (χ1) is 6.31. The van der Waals surface area contributed by atoms with Gasteiger partial charge in [-0.15, -0.1) is 0 Å². The molecule has 0 aliphatic rings. The zero-order valence-electron chi connectivity index (χ0n) is 12.4. The number of hydrogen-bond acceptors (Lipinski definition) is 1. The average Bonchev–Trinajstić information content (AvgIpc) is 1.76. The molecule has 0 aromatic carbocycles. The van der Waals surface area contributed by atoms with Crippen LogP contribution in [0.3, 0.4) is 0 Å². The Morgan fingerprint density at radius 1 is 0.625 bits per heavy atom. The summed E-state index contributed by atoms with van der Waals surface area (Å²) >= 11 is 0. The molecule has 16 heavy (non-hydrogen) atoms. The molecule has 0 amide bonds. The van der Waals surface area contributed by atoms with Crippen molar-refractivity contribution in [3.8, 4) is 0 Å². The topological polar surface area (TPSA) is 12.4 Å². The fourth-order valence-corrected chi connectivity index (χ4v) is 11.8. The van der Waals surface area contributed by atoms with Crippen molar-refractivity contribution in [3.05, 3.63) is 0 Å². The Labute approximate surface area is 104 Å². The fraction of sp³-hybridized carbons (Fsp3) is 1.00. The Hall–Kier alpha value is 0.230. The molecule has 0 aliphatic carbocycles. The summed E-state index contributed by atoms with van der Waals surface area (Å²) in [5.74, 6) is 0. The van der Waals surface area contributed by atoms with Crippen LogP contribution in [-0.4, -0.2) is 22.5 Å². The van der Waals surface area contributed by atoms with Gasteiger partial charge in [-0.25, -0.2) is 0 Å². The molecule has 1 nitrogen and oxygen atoms in total. The van der Waals surface area contributed by atoms with Gasteiger partial charge >= 0.3 is 0 Å². The van der Waals surface area contributed by atoms with Gasteiger partial charge in [-0.2, -0.15) is 0 Å². The molecule has 0 aliphatic heterocycles. The van der Waals surface area contributed by atoms with Crippen LogP contribution < -0.4 is 0 Å². The van der Waals surface area contributed by atoms with Crippen molar-refractivity contribution in [2.75, 3.05) is 7.05 Å². The Bertz CT molecular complexity index is 226. The Morgan fingerprint density at radius 2 is 0.812 bits per heavy atom. The first-order valence-corrected chi connectivity index (χ1v) is 7.56. The lowest BCUT2D eigenvalue weighted by Crippen LogP contribution is -2.38. The van der Waals surface area contributed by atoms with E-state index in [4.69, 9.17) is 4.74 Å². The third kappa shape index (κ3) is 2.73. The second-order valence-electron chi connectivity index (χ2n) is 7.35. The van der Waals surface area contributed by atoms with Crippen LogP contribution in [0.25, 0.3) is 0 Å². The van der Waals surface area contributed by atoms with E-state index in [1.54, 1.807) is 0 Å². The lowest BCUT2D eigenvalue weighted by Gasteiger charge is -2.54. The summed E-state index contributed by atoms with van der Waals surface area (Å²) in [6.07, 6.45) is 0. The zero-order chi connectivity index (χ0) is 12.7. The van der Waals surface area contributed by atoms with Gasteiger partial charge in [0.15, 0.2) is 0 Å². The summed E-state index contributed by atoms with van der Waals surface area (Å²) in [5, 5.41) is 0.828. The highest BCUT2D eigenvalue weighted by molar-refractivity contribution is 7.70. The molecular weight excluding hydrogens is 213 g/mol. The number of nitrogens with zero attached hydrogens (tertiary/aromatic N) is 1. The highest BCUT2D eigenvalue weighted by atomic mass is 31.2. The van der Waals surface area contributed by atoms with Crippen molar-refractivity contribution in [2.45, 2.75) is 85.2 Å². The minimum Gasteiger partial charge on any atom is -0.305 e. The van der Waals surface area contributed by atoms with Crippen LogP contribution in [-0.2, 0) is 0 Å². The summed E-state index contributed by atoms with van der Waals surface area (Å²) < 4.78 is 4.94. The van der Waals surface area contributed by atoms with Gasteiger partial charge < -0.3 is 4.74 Å². The van der Waals surface area contributed by atoms with Gasteiger partial charge in [0.25, 0.3) is 0 Å². The van der Waals surface area contributed by atoms with Crippen LogP contribution in [0, 0.1) is 0 Å². The second-order valence-corrected chi connectivity index (χ2v) is 13.0. The first-order valence-electron chi connectivity index (χ1n) is 5.82. The van der Waals surface area contributed by atoms with Gasteiger partial charge in [-0.3, -0.25) is 0 Å². The molecule has 100 valence electrons. The molecule has 0 atom stereocenters. The first kappa shape index (κ1) is 18.6. The predicted molar refractivity (Wildman–Crippen MR) is 81.3 cm³/mol. The lowest BCUT2D eigenvalue weighted by atomic mass is 10.2. The summed E-state index contributed by atoms with van der Waals surface area (Å²) in [6.45, 7) is 21.2. The van der Waals surface area contributed by atoms with Crippen LogP contribution in [0.15, 0.2) is 4.74 Å². The third-order valence-electron chi connectivity index (χ3n) is 3.21. The molecule has 0 spiro atoms. The van der Waals surface area contributed by atoms with Crippen LogP contribution in [0.5, 0.6) is 0 Å². The molecule has 0 aromatic rings. The highest BCUT2D eigenvalue weighted by Crippen LogP contribution is 2.76. The molecule has 0 rings (SSSR count). The van der Waals surface area contributed by atoms with E-state index in [9.17, 15) is 0 Å². The average molecular weight is 247 g/mol. The van der Waals surface area contributed by atoms with Crippen LogP contribution >= 0.6 is 7.05 Å². The van der Waals surface area contributed by atoms with Gasteiger partial charge in [-0.1, -0.05) is 69.7 Å². The molecular formula is C14H34NP. The maximum absolute atomic E-state index is 4.94. The molecule has 0 saturated carbocycles. The van der Waals surface area contributed by atoms with Gasteiger partial charge in [0.2, 0.25) is 0 Å². The van der Waals surface area contributed by atoms with E-state index >= 15 is 0 Å². The third-order valence-corrected chi connectivity index (χ3v) is 9.64. The minimum absolute atomic E-state index is 0. The van der Waals surface area contributed by atoms with Crippen molar-refractivity contribution >= 4 is 7.05 Å². The summed E-state index contributed by atoms with van der Waals surface area (Å²) in [6, 6.07) is 0. The monoisotopic (exact) mass is 247 g/mol. The SMILES string of the molecule is C.CN=P(C(C)(C)C)(C(C)(C)C)C(C)(C)C. The van der Waals surface area contributed by atoms with Gasteiger partial charge in [-0.05, 0) is 22.5 Å². The van der Waals surface area contributed by atoms with E-state index in [0.717, 1.165) is 0 Å². The van der Waals surface area contributed by atoms with Crippen LogP contribution in [0.1, 0.15) is 69.7 Å². The molecule has 0 aromatic heterocycles. The zero-order valence-corrected chi connectivity index (χ0v) is 13.3. The Kier molecular flexibility index (Phi) is 5.63. The van der Waals surface area contributed by atoms with E-state index in [-0.39, 0.29) is 22.9 Å². The number of hydrogen-bond donors (Lipinski definition) is 0. The van der Waals surface area contributed by atoms with E-state index in [2.05, 4.69) is 62.3 Å². The van der Waals surface area contributed by atoms with Gasteiger partial charge in [0.1, 0.15) is 0 Å². The molecule has 0 N–H and O–H groups in total. The highest BCUT2D eigenvalue weighted by Gasteiger charge is 2.50. The fourth-order valence-electron chi connectivity index (χ4n) is 3.92. The standard InChI is InChI=1S/C13H30NP.CH4/c1-11(2,3)15(14-10,12(4,5)6)13(7,8)9;/h1-10H3;1H4. The Balaban J connectivity index is 0. The van der Waals surface area contributed by atoms with Crippen LogP contribution in [0.4, 0.5) is 0 Å². The smallest absolute Gasteiger partial charge is 0.0262 e. The van der Waals surface area contributed by atoms with Gasteiger partial charge in [0, 0.05) is 7.05 Å². The van der Waals surface area contributed by atoms with Crippen molar-refractivity contribution in [3.63, 3.8) is 0 Å². The van der Waals surface area contributed by atoms with Crippen LogP contribution in [0.2, 0.25) is 0 Å². The normalized spacial score (nSPS) is 14.4. The summed E-state index contributed by atoms with van der Waals surface area (Å²) in [4.78, 5) is 0. The summed E-state index contributed by atoms with van der Waals surface area (Å²) in [5.41, 5.74) is 0. The van der Waals surface area contributed by atoms with Crippen molar-refractivity contribution in [2.24, 2.45) is 4.74 Å². The van der Waals surface area contributed by atoms with Crippen molar-refractivity contribution in [1.29, 1.82) is 0 Å². The molecule has 0 unspecified atom stereocenters. The van der Waals surface area contributed by atoms with E-state index < -0.39 is 7.05 Å². The molecule has 2 heteroatoms. The molecule has 0 bridgehead atoms. The predicted octanol–water partition coefficient (Wildman–Crippen LogP) is 5.85. The Morgan fingerprint density at radius 3 is 0.812 bits per heavy atom. The number of rotatable bonds is 0. The minimum atomic E-state index is -1.40. The van der Waals surface area contributed by atoms with E-state index in [1.165, 1.54) is 0 Å². The van der Waals surface area contributed by atoms with E-state index in [1.807, 2.05) is 7.05 Å². The van der Waals surface area contributed by atoms with Crippen molar-refractivity contribution < 1.29 is 0 Å². The maximum Gasteiger partial charge on any atom is 0.0262 e. The second kappa shape index (κ2) is 4.84. The lowest BCUT2D eigenvalue weighted by molar-refractivity contribution is 0.628. The molecule has 0 saturated heterocycles. The summed E-state index contributed by atoms with van der Waals surface area (Å²) in [7, 11) is 0.620. The maximum atomic E-state index is 4.94. The largest absolute Gasteiger partial charge is 0.305 e. The van der Waals surface area contributed by atoms with Gasteiger partial charge in [0.05, 0.1) is 0 Å². The van der Waals surface area contributed by atoms with E-state index in [0.29, 0.717) is 0 Å². The molecule has 0 heterocycles. The molecule has 0 fully saturated rings. The van der Waals surface area contributed by atoms with Crippen molar-refractivity contribution in [1.82, 2.24) is 0 Å². The quantitative estimate of drug-likeness (QED) is 0.476. The molecule has 0 radical (unpaired) electrons.